The first-order chi connectivity index (χ1) is 14.9. The number of hydrogen-bond donors (Lipinski definition) is 1. The van der Waals surface area contributed by atoms with E-state index >= 15 is 0 Å². The van der Waals surface area contributed by atoms with Gasteiger partial charge in [-0.05, 0) is 72.9 Å². The lowest BCUT2D eigenvalue weighted by Crippen LogP contribution is -2.44. The summed E-state index contributed by atoms with van der Waals surface area (Å²) in [5.74, 6) is 0.879. The summed E-state index contributed by atoms with van der Waals surface area (Å²) in [4.78, 5) is 25.6. The summed E-state index contributed by atoms with van der Waals surface area (Å²) in [7, 11) is 1.54. The quantitative estimate of drug-likeness (QED) is 0.410. The Balaban J connectivity index is 1.48. The Morgan fingerprint density at radius 3 is 2.52 bits per heavy atom. The molecular formula is C22H15ClN2O4S2. The van der Waals surface area contributed by atoms with Crippen molar-refractivity contribution in [2.45, 2.75) is 0 Å². The van der Waals surface area contributed by atoms with Gasteiger partial charge in [0.25, 0.3) is 11.8 Å². The van der Waals surface area contributed by atoms with Gasteiger partial charge in [-0.3, -0.25) is 15.0 Å². The van der Waals surface area contributed by atoms with Crippen LogP contribution in [-0.2, 0) is 4.79 Å². The van der Waals surface area contributed by atoms with Crippen molar-refractivity contribution in [2.75, 3.05) is 7.11 Å². The number of halogens is 1. The zero-order valence-electron chi connectivity index (χ0n) is 16.1. The number of methoxy groups -OCH3 is 1. The van der Waals surface area contributed by atoms with Crippen molar-refractivity contribution in [2.24, 2.45) is 0 Å². The van der Waals surface area contributed by atoms with Crippen LogP contribution in [0.15, 0.2) is 70.0 Å². The zero-order chi connectivity index (χ0) is 22.0. The predicted octanol–water partition coefficient (Wildman–Crippen LogP) is 5.15. The van der Waals surface area contributed by atoms with Crippen molar-refractivity contribution in [3.8, 4) is 17.1 Å². The number of carbonyl (C=O) groups is 2. The van der Waals surface area contributed by atoms with Gasteiger partial charge >= 0.3 is 0 Å². The van der Waals surface area contributed by atoms with Gasteiger partial charge in [-0.25, -0.2) is 0 Å². The second-order valence-electron chi connectivity index (χ2n) is 6.40. The Morgan fingerprint density at radius 1 is 1.13 bits per heavy atom. The Kier molecular flexibility index (Phi) is 6.13. The van der Waals surface area contributed by atoms with Gasteiger partial charge in [0.05, 0.1) is 12.0 Å². The number of nitrogens with one attached hydrogen (secondary N) is 1. The van der Waals surface area contributed by atoms with Crippen LogP contribution in [0.5, 0.6) is 5.75 Å². The first kappa shape index (κ1) is 21.2. The van der Waals surface area contributed by atoms with Crippen LogP contribution < -0.4 is 10.2 Å². The molecule has 1 saturated heterocycles. The van der Waals surface area contributed by atoms with Crippen LogP contribution in [-0.4, -0.2) is 28.3 Å². The molecule has 3 aromatic rings. The van der Waals surface area contributed by atoms with Crippen LogP contribution in [0.2, 0.25) is 5.02 Å². The van der Waals surface area contributed by atoms with E-state index in [1.807, 2.05) is 12.1 Å². The van der Waals surface area contributed by atoms with Crippen molar-refractivity contribution in [1.29, 1.82) is 0 Å². The first-order valence-electron chi connectivity index (χ1n) is 9.03. The minimum atomic E-state index is -0.455. The highest BCUT2D eigenvalue weighted by atomic mass is 35.5. The Bertz CT molecular complexity index is 1190. The third-order valence-corrected chi connectivity index (χ3v) is 5.94. The number of hydrazine groups is 1. The maximum atomic E-state index is 12.8. The fourth-order valence-electron chi connectivity index (χ4n) is 2.80. The summed E-state index contributed by atoms with van der Waals surface area (Å²) in [6.45, 7) is 0. The minimum Gasteiger partial charge on any atom is -0.497 e. The topological polar surface area (TPSA) is 71.8 Å². The van der Waals surface area contributed by atoms with Crippen LogP contribution in [0.25, 0.3) is 17.4 Å². The van der Waals surface area contributed by atoms with E-state index in [0.29, 0.717) is 32.8 Å². The third-order valence-electron chi connectivity index (χ3n) is 4.39. The van der Waals surface area contributed by atoms with Crippen molar-refractivity contribution >= 4 is 57.8 Å². The van der Waals surface area contributed by atoms with Gasteiger partial charge in [-0.1, -0.05) is 23.4 Å². The molecule has 156 valence electrons. The molecule has 0 atom stereocenters. The van der Waals surface area contributed by atoms with Crippen LogP contribution in [0.4, 0.5) is 0 Å². The highest BCUT2D eigenvalue weighted by molar-refractivity contribution is 8.26. The monoisotopic (exact) mass is 470 g/mol. The molecule has 0 saturated carbocycles. The number of carbonyl (C=O) groups excluding carboxylic acids is 2. The smallest absolute Gasteiger partial charge is 0.285 e. The largest absolute Gasteiger partial charge is 0.497 e. The summed E-state index contributed by atoms with van der Waals surface area (Å²) in [6.07, 6.45) is 1.60. The average Bonchev–Trinajstić information content (AvgIpc) is 3.34. The summed E-state index contributed by atoms with van der Waals surface area (Å²) < 4.78 is 11.1. The Morgan fingerprint density at radius 2 is 1.84 bits per heavy atom. The fraction of sp³-hybridized carbons (Fsp3) is 0.0455. The van der Waals surface area contributed by atoms with Gasteiger partial charge in [0.2, 0.25) is 0 Å². The zero-order valence-corrected chi connectivity index (χ0v) is 18.5. The molecule has 1 N–H and O–H groups in total. The van der Waals surface area contributed by atoms with E-state index in [9.17, 15) is 9.59 Å². The predicted molar refractivity (Wildman–Crippen MR) is 125 cm³/mol. The number of thioether (sulfide) groups is 1. The number of benzene rings is 2. The van der Waals surface area contributed by atoms with Gasteiger partial charge in [-0.2, -0.15) is 5.01 Å². The number of hydrogen-bond acceptors (Lipinski definition) is 6. The SMILES string of the molecule is COc1ccc(C(=O)NN2C(=O)/C(=C\c3ccc(-c4ccc(Cl)cc4)o3)SC2=S)cc1. The lowest BCUT2D eigenvalue weighted by Gasteiger charge is -2.15. The van der Waals surface area contributed by atoms with Crippen molar-refractivity contribution < 1.29 is 18.7 Å². The molecule has 2 aromatic carbocycles. The summed E-state index contributed by atoms with van der Waals surface area (Å²) in [6, 6.07) is 17.3. The van der Waals surface area contributed by atoms with E-state index in [-0.39, 0.29) is 4.32 Å². The molecular weight excluding hydrogens is 456 g/mol. The molecule has 1 fully saturated rings. The van der Waals surface area contributed by atoms with Crippen LogP contribution in [0, 0.1) is 0 Å². The molecule has 1 aliphatic rings. The molecule has 1 aliphatic heterocycles. The van der Waals surface area contributed by atoms with Gasteiger partial charge in [-0.15, -0.1) is 0 Å². The first-order valence-corrected chi connectivity index (χ1v) is 10.6. The number of furan rings is 1. The molecule has 0 aliphatic carbocycles. The summed E-state index contributed by atoms with van der Waals surface area (Å²) in [5.41, 5.74) is 3.78. The molecule has 31 heavy (non-hydrogen) atoms. The highest BCUT2D eigenvalue weighted by Crippen LogP contribution is 2.33. The van der Waals surface area contributed by atoms with E-state index < -0.39 is 11.8 Å². The van der Waals surface area contributed by atoms with E-state index in [0.717, 1.165) is 22.3 Å². The van der Waals surface area contributed by atoms with Gasteiger partial charge in [0, 0.05) is 22.2 Å². The highest BCUT2D eigenvalue weighted by Gasteiger charge is 2.34. The van der Waals surface area contributed by atoms with Crippen molar-refractivity contribution in [3.63, 3.8) is 0 Å². The average molecular weight is 471 g/mol. The number of nitrogens with zero attached hydrogens (tertiary/aromatic N) is 1. The summed E-state index contributed by atoms with van der Waals surface area (Å²) >= 11 is 12.3. The van der Waals surface area contributed by atoms with Gasteiger partial charge < -0.3 is 9.15 Å². The molecule has 1 aromatic heterocycles. The molecule has 9 heteroatoms. The van der Waals surface area contributed by atoms with E-state index in [2.05, 4.69) is 5.43 Å². The van der Waals surface area contributed by atoms with E-state index in [4.69, 9.17) is 33.0 Å². The molecule has 6 nitrogen and oxygen atoms in total. The second kappa shape index (κ2) is 8.97. The Hall–Kier alpha value is -3.07. The number of amides is 2. The second-order valence-corrected chi connectivity index (χ2v) is 8.51. The lowest BCUT2D eigenvalue weighted by molar-refractivity contribution is -0.123. The lowest BCUT2D eigenvalue weighted by atomic mass is 10.2. The summed E-state index contributed by atoms with van der Waals surface area (Å²) in [5, 5.41) is 1.69. The molecule has 0 radical (unpaired) electrons. The normalized spacial score (nSPS) is 14.9. The fourth-order valence-corrected chi connectivity index (χ4v) is 4.09. The number of ether oxygens (including phenoxy) is 1. The molecule has 0 unspecified atom stereocenters. The maximum Gasteiger partial charge on any atom is 0.285 e. The minimum absolute atomic E-state index is 0.225. The van der Waals surface area contributed by atoms with Gasteiger partial charge in [0.15, 0.2) is 4.32 Å². The van der Waals surface area contributed by atoms with Crippen molar-refractivity contribution in [1.82, 2.24) is 10.4 Å². The molecule has 4 rings (SSSR count). The molecule has 2 heterocycles. The standard InChI is InChI=1S/C22H15ClN2O4S2/c1-28-16-8-4-14(5-9-16)20(26)24-25-21(27)19(31-22(25)30)12-17-10-11-18(29-17)13-2-6-15(23)7-3-13/h2-12H,1H3,(H,24,26)/b19-12+. The van der Waals surface area contributed by atoms with Gasteiger partial charge in [0.1, 0.15) is 17.3 Å². The maximum absolute atomic E-state index is 12.8. The molecule has 0 spiro atoms. The van der Waals surface area contributed by atoms with Crippen LogP contribution in [0.3, 0.4) is 0 Å². The van der Waals surface area contributed by atoms with Crippen LogP contribution >= 0.6 is 35.6 Å². The number of thiocarbonyl (C=S) groups is 1. The third kappa shape index (κ3) is 4.66. The van der Waals surface area contributed by atoms with E-state index in [1.165, 1.54) is 0 Å². The Labute approximate surface area is 192 Å². The molecule has 0 bridgehead atoms. The van der Waals surface area contributed by atoms with Crippen LogP contribution in [0.1, 0.15) is 16.1 Å². The number of rotatable bonds is 5. The van der Waals surface area contributed by atoms with E-state index in [1.54, 1.807) is 61.7 Å². The molecule has 2 amide bonds. The van der Waals surface area contributed by atoms with Crippen molar-refractivity contribution in [3.05, 3.63) is 81.9 Å².